The third kappa shape index (κ3) is 3.26. The predicted octanol–water partition coefficient (Wildman–Crippen LogP) is 5.05. The molecule has 0 aliphatic carbocycles. The average molecular weight is 399 g/mol. The Bertz CT molecular complexity index is 1230. The molecular weight excluding hydrogens is 377 g/mol. The summed E-state index contributed by atoms with van der Waals surface area (Å²) in [6.45, 7) is 2.99. The van der Waals surface area contributed by atoms with Gasteiger partial charge >= 0.3 is 0 Å². The van der Waals surface area contributed by atoms with E-state index in [1.807, 2.05) is 66.4 Å². The number of hydrogen-bond donors (Lipinski definition) is 0. The van der Waals surface area contributed by atoms with Gasteiger partial charge in [-0.1, -0.05) is 48.0 Å². The fourth-order valence-corrected chi connectivity index (χ4v) is 4.22. The van der Waals surface area contributed by atoms with Crippen LogP contribution in [0.1, 0.15) is 29.3 Å². The lowest BCUT2D eigenvalue weighted by Crippen LogP contribution is -2.24. The topological polar surface area (TPSA) is 38.1 Å². The summed E-state index contributed by atoms with van der Waals surface area (Å²) in [4.78, 5) is 19.5. The number of imidazole rings is 1. The van der Waals surface area contributed by atoms with Gasteiger partial charge in [0.05, 0.1) is 17.6 Å². The van der Waals surface area contributed by atoms with E-state index in [2.05, 4.69) is 4.57 Å². The zero-order chi connectivity index (χ0) is 20.7. The zero-order valence-corrected chi connectivity index (χ0v) is 16.8. The number of aromatic nitrogens is 2. The molecule has 0 saturated carbocycles. The van der Waals surface area contributed by atoms with Crippen molar-refractivity contribution in [3.8, 4) is 0 Å². The van der Waals surface area contributed by atoms with Crippen LogP contribution in [0, 0.1) is 12.7 Å². The molecule has 0 bridgehead atoms. The lowest BCUT2D eigenvalue weighted by atomic mass is 10.1. The summed E-state index contributed by atoms with van der Waals surface area (Å²) >= 11 is 0. The van der Waals surface area contributed by atoms with Crippen LogP contribution < -0.4 is 4.90 Å². The second-order valence-corrected chi connectivity index (χ2v) is 7.88. The van der Waals surface area contributed by atoms with Gasteiger partial charge in [0.15, 0.2) is 0 Å². The van der Waals surface area contributed by atoms with Crippen LogP contribution >= 0.6 is 0 Å². The Morgan fingerprint density at radius 2 is 1.73 bits per heavy atom. The standard InChI is InChI=1S/C25H22FN3O/c1-17-10-12-20(13-11-17)28-16-19(14-24(28)30)25-27-22-8-4-5-9-23(22)29(25)15-18-6-2-3-7-21(18)26/h2-13,19H,14-16H2,1H3/t19-/m1/s1. The maximum atomic E-state index is 14.4. The highest BCUT2D eigenvalue weighted by atomic mass is 19.1. The molecule has 1 fully saturated rings. The fraction of sp³-hybridized carbons (Fsp3) is 0.200. The maximum absolute atomic E-state index is 14.4. The highest BCUT2D eigenvalue weighted by molar-refractivity contribution is 5.96. The van der Waals surface area contributed by atoms with Crippen LogP contribution in [0.5, 0.6) is 0 Å². The Morgan fingerprint density at radius 3 is 2.53 bits per heavy atom. The second kappa shape index (κ2) is 7.41. The van der Waals surface area contributed by atoms with E-state index in [0.717, 1.165) is 28.1 Å². The molecule has 1 amide bonds. The molecular formula is C25H22FN3O. The van der Waals surface area contributed by atoms with Crippen LogP contribution in [0.4, 0.5) is 10.1 Å². The first-order chi connectivity index (χ1) is 14.6. The van der Waals surface area contributed by atoms with Gasteiger partial charge in [-0.05, 0) is 37.3 Å². The molecule has 0 N–H and O–H groups in total. The van der Waals surface area contributed by atoms with Gasteiger partial charge < -0.3 is 9.47 Å². The van der Waals surface area contributed by atoms with Crippen molar-refractivity contribution in [2.45, 2.75) is 25.8 Å². The molecule has 0 spiro atoms. The number of hydrogen-bond acceptors (Lipinski definition) is 2. The largest absolute Gasteiger partial charge is 0.323 e. The summed E-state index contributed by atoms with van der Waals surface area (Å²) in [6, 6.07) is 22.7. The lowest BCUT2D eigenvalue weighted by Gasteiger charge is -2.18. The average Bonchev–Trinajstić information content (AvgIpc) is 3.31. The van der Waals surface area contributed by atoms with Crippen molar-refractivity contribution in [3.05, 3.63) is 95.6 Å². The minimum Gasteiger partial charge on any atom is -0.323 e. The number of aryl methyl sites for hydroxylation is 1. The van der Waals surface area contributed by atoms with Crippen molar-refractivity contribution in [2.24, 2.45) is 0 Å². The van der Waals surface area contributed by atoms with Gasteiger partial charge in [0.25, 0.3) is 0 Å². The molecule has 1 saturated heterocycles. The van der Waals surface area contributed by atoms with Crippen LogP contribution in [0.25, 0.3) is 11.0 Å². The van der Waals surface area contributed by atoms with E-state index in [1.165, 1.54) is 6.07 Å². The Kier molecular flexibility index (Phi) is 4.58. The molecule has 1 aromatic heterocycles. The Morgan fingerprint density at radius 1 is 1.00 bits per heavy atom. The van der Waals surface area contributed by atoms with Crippen molar-refractivity contribution < 1.29 is 9.18 Å². The van der Waals surface area contributed by atoms with Gasteiger partial charge in [0.1, 0.15) is 11.6 Å². The van der Waals surface area contributed by atoms with E-state index in [4.69, 9.17) is 4.98 Å². The van der Waals surface area contributed by atoms with Crippen LogP contribution in [0.3, 0.4) is 0 Å². The lowest BCUT2D eigenvalue weighted by molar-refractivity contribution is -0.117. The monoisotopic (exact) mass is 399 g/mol. The van der Waals surface area contributed by atoms with Gasteiger partial charge in [-0.3, -0.25) is 4.79 Å². The Hall–Kier alpha value is -3.47. The summed E-state index contributed by atoms with van der Waals surface area (Å²) in [5, 5.41) is 0. The van der Waals surface area contributed by atoms with Gasteiger partial charge in [-0.25, -0.2) is 9.37 Å². The first-order valence-corrected chi connectivity index (χ1v) is 10.2. The summed E-state index contributed by atoms with van der Waals surface area (Å²) in [7, 11) is 0. The predicted molar refractivity (Wildman–Crippen MR) is 116 cm³/mol. The molecule has 1 aliphatic rings. The van der Waals surface area contributed by atoms with Gasteiger partial charge in [-0.15, -0.1) is 0 Å². The van der Waals surface area contributed by atoms with E-state index in [-0.39, 0.29) is 17.6 Å². The van der Waals surface area contributed by atoms with Crippen LogP contribution in [-0.2, 0) is 11.3 Å². The number of benzene rings is 3. The SMILES string of the molecule is Cc1ccc(N2C[C@H](c3nc4ccccc4n3Cc3ccccc3F)CC2=O)cc1. The highest BCUT2D eigenvalue weighted by Gasteiger charge is 2.34. The second-order valence-electron chi connectivity index (χ2n) is 7.88. The summed E-state index contributed by atoms with van der Waals surface area (Å²) in [5.74, 6) is 0.652. The summed E-state index contributed by atoms with van der Waals surface area (Å²) in [6.07, 6.45) is 0.397. The van der Waals surface area contributed by atoms with Crippen molar-refractivity contribution in [2.75, 3.05) is 11.4 Å². The number of rotatable bonds is 4. The first kappa shape index (κ1) is 18.6. The number of para-hydroxylation sites is 2. The third-order valence-electron chi connectivity index (χ3n) is 5.81. The van der Waals surface area contributed by atoms with E-state index in [9.17, 15) is 9.18 Å². The molecule has 1 aliphatic heterocycles. The Labute approximate surface area is 174 Å². The van der Waals surface area contributed by atoms with E-state index < -0.39 is 0 Å². The smallest absolute Gasteiger partial charge is 0.227 e. The van der Waals surface area contributed by atoms with Crippen LogP contribution in [0.2, 0.25) is 0 Å². The van der Waals surface area contributed by atoms with Crippen molar-refractivity contribution >= 4 is 22.6 Å². The molecule has 30 heavy (non-hydrogen) atoms. The van der Waals surface area contributed by atoms with Crippen molar-refractivity contribution in [1.29, 1.82) is 0 Å². The minimum atomic E-state index is -0.231. The fourth-order valence-electron chi connectivity index (χ4n) is 4.22. The zero-order valence-electron chi connectivity index (χ0n) is 16.8. The molecule has 4 nitrogen and oxygen atoms in total. The molecule has 4 aromatic rings. The van der Waals surface area contributed by atoms with Gasteiger partial charge in [-0.2, -0.15) is 0 Å². The number of carbonyl (C=O) groups excluding carboxylic acids is 1. The van der Waals surface area contributed by atoms with E-state index in [1.54, 1.807) is 12.1 Å². The van der Waals surface area contributed by atoms with E-state index >= 15 is 0 Å². The van der Waals surface area contributed by atoms with Gasteiger partial charge in [0, 0.05) is 30.1 Å². The molecule has 0 unspecified atom stereocenters. The van der Waals surface area contributed by atoms with Gasteiger partial charge in [0.2, 0.25) is 5.91 Å². The minimum absolute atomic E-state index is 0.0435. The molecule has 3 aromatic carbocycles. The van der Waals surface area contributed by atoms with Crippen molar-refractivity contribution in [3.63, 3.8) is 0 Å². The first-order valence-electron chi connectivity index (χ1n) is 10.2. The molecule has 0 radical (unpaired) electrons. The molecule has 5 rings (SSSR count). The highest BCUT2D eigenvalue weighted by Crippen LogP contribution is 2.33. The summed E-state index contributed by atoms with van der Waals surface area (Å²) in [5.41, 5.74) is 4.50. The maximum Gasteiger partial charge on any atom is 0.227 e. The van der Waals surface area contributed by atoms with Crippen LogP contribution in [0.15, 0.2) is 72.8 Å². The number of anilines is 1. The molecule has 150 valence electrons. The number of halogens is 1. The van der Waals surface area contributed by atoms with Crippen molar-refractivity contribution in [1.82, 2.24) is 9.55 Å². The summed E-state index contributed by atoms with van der Waals surface area (Å²) < 4.78 is 16.4. The number of fused-ring (bicyclic) bond motifs is 1. The number of carbonyl (C=O) groups is 1. The normalized spacial score (nSPS) is 16.5. The number of nitrogens with zero attached hydrogens (tertiary/aromatic N) is 3. The Balaban J connectivity index is 1.53. The molecule has 1 atom stereocenters. The molecule has 5 heteroatoms. The van der Waals surface area contributed by atoms with Crippen LogP contribution in [-0.4, -0.2) is 22.0 Å². The van der Waals surface area contributed by atoms with E-state index in [0.29, 0.717) is 25.1 Å². The third-order valence-corrected chi connectivity index (χ3v) is 5.81. The number of amides is 1. The quantitative estimate of drug-likeness (QED) is 0.481. The molecule has 2 heterocycles.